The number of carbonyl (C=O) groups excluding carboxylic acids is 1. The Labute approximate surface area is 133 Å². The summed E-state index contributed by atoms with van der Waals surface area (Å²) in [6.45, 7) is 0. The third kappa shape index (κ3) is 3.40. The second-order valence-electron chi connectivity index (χ2n) is 4.65. The van der Waals surface area contributed by atoms with Crippen LogP contribution < -0.4 is 0 Å². The van der Waals surface area contributed by atoms with Crippen molar-refractivity contribution in [3.05, 3.63) is 95.9 Å². The van der Waals surface area contributed by atoms with Gasteiger partial charge in [0.15, 0.2) is 0 Å². The Morgan fingerprint density at radius 1 is 0.864 bits per heavy atom. The first-order valence-corrected chi connectivity index (χ1v) is 7.66. The van der Waals surface area contributed by atoms with Crippen molar-refractivity contribution in [3.8, 4) is 0 Å². The second kappa shape index (κ2) is 7.00. The first-order chi connectivity index (χ1) is 10.8. The Bertz CT molecular complexity index is 669. The van der Waals surface area contributed by atoms with Gasteiger partial charge in [0.1, 0.15) is 0 Å². The highest BCUT2D eigenvalue weighted by Crippen LogP contribution is 2.36. The molecule has 1 heterocycles. The number of rotatable bonds is 5. The number of hydrogen-bond acceptors (Lipinski definition) is 4. The van der Waals surface area contributed by atoms with Crippen LogP contribution in [0.4, 0.5) is 0 Å². The fourth-order valence-electron chi connectivity index (χ4n) is 2.09. The number of furan rings is 1. The van der Waals surface area contributed by atoms with Gasteiger partial charge in [0.05, 0.1) is 23.6 Å². The van der Waals surface area contributed by atoms with E-state index in [0.717, 1.165) is 23.2 Å². The van der Waals surface area contributed by atoms with Crippen molar-refractivity contribution in [2.24, 2.45) is 0 Å². The van der Waals surface area contributed by atoms with E-state index in [1.807, 2.05) is 60.7 Å². The highest BCUT2D eigenvalue weighted by Gasteiger charge is 2.19. The molecule has 0 radical (unpaired) electrons. The van der Waals surface area contributed by atoms with E-state index in [2.05, 4.69) is 0 Å². The maximum atomic E-state index is 11.9. The minimum atomic E-state index is -0.480. The molecule has 3 rings (SSSR count). The Balaban J connectivity index is 1.79. The first-order valence-electron chi connectivity index (χ1n) is 6.85. The molecule has 0 saturated heterocycles. The zero-order chi connectivity index (χ0) is 15.2. The van der Waals surface area contributed by atoms with Gasteiger partial charge in [0.25, 0.3) is 0 Å². The van der Waals surface area contributed by atoms with Crippen LogP contribution in [0.3, 0.4) is 0 Å². The van der Waals surface area contributed by atoms with E-state index >= 15 is 0 Å². The van der Waals surface area contributed by atoms with E-state index < -0.39 is 5.97 Å². The Kier molecular flexibility index (Phi) is 4.61. The summed E-state index contributed by atoms with van der Waals surface area (Å²) in [5, 5.41) is -0.0821. The molecule has 4 heteroatoms. The smallest absolute Gasteiger partial charge is 0.386 e. The van der Waals surface area contributed by atoms with Crippen LogP contribution >= 0.6 is 12.0 Å². The van der Waals surface area contributed by atoms with Crippen molar-refractivity contribution in [1.82, 2.24) is 0 Å². The lowest BCUT2D eigenvalue weighted by molar-refractivity contribution is 0.0734. The third-order valence-electron chi connectivity index (χ3n) is 3.15. The van der Waals surface area contributed by atoms with Gasteiger partial charge in [-0.25, -0.2) is 4.79 Å². The van der Waals surface area contributed by atoms with Gasteiger partial charge in [-0.1, -0.05) is 60.7 Å². The van der Waals surface area contributed by atoms with Crippen molar-refractivity contribution in [2.45, 2.75) is 5.25 Å². The molecule has 0 N–H and O–H groups in total. The number of carbonyl (C=O) groups is 1. The van der Waals surface area contributed by atoms with E-state index in [9.17, 15) is 4.79 Å². The van der Waals surface area contributed by atoms with E-state index in [0.29, 0.717) is 0 Å². The van der Waals surface area contributed by atoms with Gasteiger partial charge < -0.3 is 8.60 Å². The molecule has 1 aromatic heterocycles. The Morgan fingerprint density at radius 3 is 1.95 bits per heavy atom. The normalized spacial score (nSPS) is 10.6. The summed E-state index contributed by atoms with van der Waals surface area (Å²) in [5.74, 6) is -0.278. The van der Waals surface area contributed by atoms with Gasteiger partial charge in [-0.15, -0.1) is 0 Å². The summed E-state index contributed by atoms with van der Waals surface area (Å²) in [6, 6.07) is 23.1. The lowest BCUT2D eigenvalue weighted by Crippen LogP contribution is -2.03. The van der Waals surface area contributed by atoms with Gasteiger partial charge in [0.2, 0.25) is 5.76 Å². The molecule has 0 bridgehead atoms. The highest BCUT2D eigenvalue weighted by molar-refractivity contribution is 7.95. The van der Waals surface area contributed by atoms with Crippen LogP contribution in [0.1, 0.15) is 26.9 Å². The Morgan fingerprint density at radius 2 is 1.45 bits per heavy atom. The van der Waals surface area contributed by atoms with E-state index in [1.165, 1.54) is 6.26 Å². The van der Waals surface area contributed by atoms with Gasteiger partial charge in [0, 0.05) is 0 Å². The summed E-state index contributed by atoms with van der Waals surface area (Å²) < 4.78 is 10.4. The molecule has 22 heavy (non-hydrogen) atoms. The van der Waals surface area contributed by atoms with Crippen LogP contribution in [-0.2, 0) is 4.18 Å². The van der Waals surface area contributed by atoms with Crippen molar-refractivity contribution in [3.63, 3.8) is 0 Å². The van der Waals surface area contributed by atoms with Crippen LogP contribution in [0.25, 0.3) is 0 Å². The minimum Gasteiger partial charge on any atom is -0.457 e. The van der Waals surface area contributed by atoms with Crippen molar-refractivity contribution in [1.29, 1.82) is 0 Å². The van der Waals surface area contributed by atoms with Crippen LogP contribution in [0, 0.1) is 0 Å². The molecular weight excluding hydrogens is 296 g/mol. The predicted molar refractivity (Wildman–Crippen MR) is 86.4 cm³/mol. The molecule has 0 fully saturated rings. The van der Waals surface area contributed by atoms with Crippen LogP contribution in [-0.4, -0.2) is 5.97 Å². The molecule has 0 amide bonds. The van der Waals surface area contributed by atoms with Crippen molar-refractivity contribution >= 4 is 18.0 Å². The molecule has 110 valence electrons. The SMILES string of the molecule is O=C(OSC(c1ccccc1)c1ccccc1)c1ccco1. The molecule has 0 unspecified atom stereocenters. The topological polar surface area (TPSA) is 39.4 Å². The monoisotopic (exact) mass is 310 g/mol. The van der Waals surface area contributed by atoms with Crippen LogP contribution in [0.5, 0.6) is 0 Å². The van der Waals surface area contributed by atoms with Gasteiger partial charge in [-0.2, -0.15) is 0 Å². The molecule has 3 nitrogen and oxygen atoms in total. The zero-order valence-corrected chi connectivity index (χ0v) is 12.5. The highest BCUT2D eigenvalue weighted by atomic mass is 32.2. The molecule has 3 aromatic rings. The minimum absolute atomic E-state index is 0.0821. The summed E-state index contributed by atoms with van der Waals surface area (Å²) in [6.07, 6.45) is 1.45. The lowest BCUT2D eigenvalue weighted by Gasteiger charge is -2.15. The van der Waals surface area contributed by atoms with Gasteiger partial charge in [-0.3, -0.25) is 0 Å². The molecule has 0 atom stereocenters. The molecule has 0 aliphatic heterocycles. The molecule has 2 aromatic carbocycles. The quantitative estimate of drug-likeness (QED) is 0.630. The number of benzene rings is 2. The molecule has 0 spiro atoms. The van der Waals surface area contributed by atoms with E-state index in [-0.39, 0.29) is 11.0 Å². The summed E-state index contributed by atoms with van der Waals surface area (Å²) >= 11 is 1.12. The van der Waals surface area contributed by atoms with Crippen molar-refractivity contribution < 1.29 is 13.4 Å². The van der Waals surface area contributed by atoms with Gasteiger partial charge >= 0.3 is 5.97 Å². The molecule has 0 aliphatic rings. The summed E-state index contributed by atoms with van der Waals surface area (Å²) in [4.78, 5) is 11.9. The van der Waals surface area contributed by atoms with Crippen molar-refractivity contribution in [2.75, 3.05) is 0 Å². The third-order valence-corrected chi connectivity index (χ3v) is 4.13. The van der Waals surface area contributed by atoms with E-state index in [1.54, 1.807) is 12.1 Å². The first kappa shape index (κ1) is 14.5. The molecular formula is C18H14O3S. The zero-order valence-electron chi connectivity index (χ0n) is 11.7. The average Bonchev–Trinajstić information content (AvgIpc) is 3.11. The molecule has 0 aliphatic carbocycles. The largest absolute Gasteiger partial charge is 0.457 e. The van der Waals surface area contributed by atoms with E-state index in [4.69, 9.17) is 8.60 Å². The summed E-state index contributed by atoms with van der Waals surface area (Å²) in [7, 11) is 0. The summed E-state index contributed by atoms with van der Waals surface area (Å²) in [5.41, 5.74) is 2.15. The standard InChI is InChI=1S/C18H14O3S/c19-18(16-12-7-13-20-16)21-22-17(14-8-3-1-4-9-14)15-10-5-2-6-11-15/h1-13,17H. The van der Waals surface area contributed by atoms with Crippen LogP contribution in [0.15, 0.2) is 83.5 Å². The Hall–Kier alpha value is -2.46. The maximum Gasteiger partial charge on any atom is 0.386 e. The van der Waals surface area contributed by atoms with Crippen LogP contribution in [0.2, 0.25) is 0 Å². The molecule has 0 saturated carbocycles. The average molecular weight is 310 g/mol. The van der Waals surface area contributed by atoms with Gasteiger partial charge in [-0.05, 0) is 23.3 Å². The fraction of sp³-hybridized carbons (Fsp3) is 0.0556. The predicted octanol–water partition coefficient (Wildman–Crippen LogP) is 4.87. The second-order valence-corrected chi connectivity index (χ2v) is 5.48. The maximum absolute atomic E-state index is 11.9. The lowest BCUT2D eigenvalue weighted by atomic mass is 10.0. The fourth-order valence-corrected chi connectivity index (χ4v) is 2.89. The number of hydrogen-bond donors (Lipinski definition) is 0.